The summed E-state index contributed by atoms with van der Waals surface area (Å²) >= 11 is 5.65. The summed E-state index contributed by atoms with van der Waals surface area (Å²) < 4.78 is 30.7. The summed E-state index contributed by atoms with van der Waals surface area (Å²) in [6, 6.07) is 6.58. The molecule has 2 rings (SSSR count). The van der Waals surface area contributed by atoms with Gasteiger partial charge in [0.1, 0.15) is 10.8 Å². The van der Waals surface area contributed by atoms with Crippen molar-refractivity contribution in [1.82, 2.24) is 0 Å². The number of halogens is 3. The van der Waals surface area contributed by atoms with Gasteiger partial charge >= 0.3 is 0 Å². The Morgan fingerprint density at radius 1 is 1.22 bits per heavy atom. The molecule has 0 aliphatic rings. The van der Waals surface area contributed by atoms with Gasteiger partial charge in [-0.1, -0.05) is 11.6 Å². The molecule has 0 aliphatic heterocycles. The minimum Gasteiger partial charge on any atom is -0.484 e. The summed E-state index contributed by atoms with van der Waals surface area (Å²) in [6.45, 7) is -0.485. The van der Waals surface area contributed by atoms with Crippen LogP contribution in [0, 0.1) is 21.7 Å². The molecule has 0 radical (unpaired) electrons. The highest BCUT2D eigenvalue weighted by molar-refractivity contribution is 6.32. The van der Waals surface area contributed by atoms with Crippen LogP contribution in [-0.2, 0) is 4.79 Å². The second-order valence-electron chi connectivity index (χ2n) is 4.34. The van der Waals surface area contributed by atoms with Crippen LogP contribution in [0.2, 0.25) is 5.02 Å². The van der Waals surface area contributed by atoms with Crippen molar-refractivity contribution in [2.24, 2.45) is 0 Å². The van der Waals surface area contributed by atoms with Gasteiger partial charge < -0.3 is 10.1 Å². The first-order valence-electron chi connectivity index (χ1n) is 6.18. The van der Waals surface area contributed by atoms with Crippen molar-refractivity contribution in [3.63, 3.8) is 0 Å². The number of nitrogens with one attached hydrogen (secondary N) is 1. The van der Waals surface area contributed by atoms with Crippen molar-refractivity contribution in [3.05, 3.63) is 63.2 Å². The Labute approximate surface area is 133 Å². The van der Waals surface area contributed by atoms with Gasteiger partial charge in [0.15, 0.2) is 18.2 Å². The van der Waals surface area contributed by atoms with Gasteiger partial charge in [0, 0.05) is 17.8 Å². The van der Waals surface area contributed by atoms with Crippen molar-refractivity contribution >= 4 is 28.9 Å². The maximum Gasteiger partial charge on any atom is 0.289 e. The van der Waals surface area contributed by atoms with E-state index in [2.05, 4.69) is 5.32 Å². The second kappa shape index (κ2) is 7.01. The molecule has 0 heterocycles. The number of nitro groups is 1. The predicted octanol–water partition coefficient (Wildman–Crippen LogP) is 3.54. The zero-order valence-corrected chi connectivity index (χ0v) is 12.1. The van der Waals surface area contributed by atoms with E-state index in [-0.39, 0.29) is 22.1 Å². The molecule has 120 valence electrons. The summed E-state index contributed by atoms with van der Waals surface area (Å²) in [7, 11) is 0. The van der Waals surface area contributed by atoms with Crippen molar-refractivity contribution in [1.29, 1.82) is 0 Å². The number of carbonyl (C=O) groups is 1. The molecule has 1 N–H and O–H groups in total. The molecule has 0 aliphatic carbocycles. The molecule has 23 heavy (non-hydrogen) atoms. The fourth-order valence-electron chi connectivity index (χ4n) is 1.64. The first kappa shape index (κ1) is 16.6. The number of nitrogens with zero attached hydrogens (tertiary/aromatic N) is 1. The minimum atomic E-state index is -1.10. The van der Waals surface area contributed by atoms with E-state index in [0.29, 0.717) is 0 Å². The lowest BCUT2D eigenvalue weighted by atomic mass is 10.3. The monoisotopic (exact) mass is 342 g/mol. The number of rotatable bonds is 5. The number of benzene rings is 2. The van der Waals surface area contributed by atoms with E-state index in [0.717, 1.165) is 18.2 Å². The molecule has 0 unspecified atom stereocenters. The Kier molecular flexibility index (Phi) is 5.07. The first-order chi connectivity index (χ1) is 10.9. The highest BCUT2D eigenvalue weighted by atomic mass is 35.5. The van der Waals surface area contributed by atoms with E-state index < -0.39 is 29.1 Å². The van der Waals surface area contributed by atoms with Crippen LogP contribution in [-0.4, -0.2) is 17.4 Å². The van der Waals surface area contributed by atoms with Crippen molar-refractivity contribution < 1.29 is 23.2 Å². The number of nitro benzene ring substituents is 1. The molecule has 2 aromatic rings. The van der Waals surface area contributed by atoms with Crippen molar-refractivity contribution in [2.45, 2.75) is 0 Å². The molecule has 2 aromatic carbocycles. The van der Waals surface area contributed by atoms with E-state index in [1.54, 1.807) is 0 Å². The maximum absolute atomic E-state index is 13.0. The Bertz CT molecular complexity index is 770. The number of ether oxygens (including phenoxy) is 1. The summed E-state index contributed by atoms with van der Waals surface area (Å²) in [4.78, 5) is 21.8. The molecule has 0 aromatic heterocycles. The molecule has 6 nitrogen and oxygen atoms in total. The average molecular weight is 343 g/mol. The third kappa shape index (κ3) is 4.36. The fraction of sp³-hybridized carbons (Fsp3) is 0.0714. The van der Waals surface area contributed by atoms with Gasteiger partial charge in [0.05, 0.1) is 4.92 Å². The summed E-state index contributed by atoms with van der Waals surface area (Å²) in [5, 5.41) is 13.0. The number of hydrogen-bond acceptors (Lipinski definition) is 4. The van der Waals surface area contributed by atoms with Crippen LogP contribution in [0.15, 0.2) is 36.4 Å². The third-order valence-corrected chi connectivity index (χ3v) is 3.01. The highest BCUT2D eigenvalue weighted by Crippen LogP contribution is 2.27. The van der Waals surface area contributed by atoms with Gasteiger partial charge in [-0.2, -0.15) is 0 Å². The topological polar surface area (TPSA) is 81.5 Å². The minimum absolute atomic E-state index is 0.0267. The third-order valence-electron chi connectivity index (χ3n) is 2.69. The lowest BCUT2D eigenvalue weighted by molar-refractivity contribution is -0.384. The smallest absolute Gasteiger partial charge is 0.289 e. The van der Waals surface area contributed by atoms with Gasteiger partial charge in [-0.3, -0.25) is 14.9 Å². The summed E-state index contributed by atoms with van der Waals surface area (Å²) in [5.41, 5.74) is -0.203. The first-order valence-corrected chi connectivity index (χ1v) is 6.56. The van der Waals surface area contributed by atoms with E-state index in [1.807, 2.05) is 0 Å². The number of hydrogen-bond donors (Lipinski definition) is 1. The van der Waals surface area contributed by atoms with Gasteiger partial charge in [-0.25, -0.2) is 8.78 Å². The molecule has 0 saturated carbocycles. The number of carbonyl (C=O) groups excluding carboxylic acids is 1. The largest absolute Gasteiger partial charge is 0.484 e. The van der Waals surface area contributed by atoms with E-state index in [1.165, 1.54) is 18.2 Å². The maximum atomic E-state index is 13.0. The molecule has 0 fully saturated rings. The highest BCUT2D eigenvalue weighted by Gasteiger charge is 2.14. The molecule has 0 spiro atoms. The molecule has 0 saturated heterocycles. The molecular weight excluding hydrogens is 334 g/mol. The van der Waals surface area contributed by atoms with Crippen LogP contribution in [0.25, 0.3) is 0 Å². The Morgan fingerprint density at radius 3 is 2.61 bits per heavy atom. The van der Waals surface area contributed by atoms with Crippen LogP contribution < -0.4 is 10.1 Å². The van der Waals surface area contributed by atoms with Crippen LogP contribution in [0.5, 0.6) is 5.75 Å². The Morgan fingerprint density at radius 2 is 1.96 bits per heavy atom. The zero-order chi connectivity index (χ0) is 17.0. The standard InChI is InChI=1S/C14H9ClF2N2O4/c15-10-3-1-8(5-13(10)19(21)22)18-14(20)7-23-9-2-4-11(16)12(17)6-9/h1-6H,7H2,(H,18,20). The van der Waals surface area contributed by atoms with Gasteiger partial charge in [0.25, 0.3) is 11.6 Å². The van der Waals surface area contributed by atoms with Crippen LogP contribution >= 0.6 is 11.6 Å². The SMILES string of the molecule is O=C(COc1ccc(F)c(F)c1)Nc1ccc(Cl)c([N+](=O)[O-])c1. The van der Waals surface area contributed by atoms with Crippen molar-refractivity contribution in [2.75, 3.05) is 11.9 Å². The van der Waals surface area contributed by atoms with Gasteiger partial charge in [-0.05, 0) is 24.3 Å². The Balaban J connectivity index is 1.98. The number of amides is 1. The van der Waals surface area contributed by atoms with Gasteiger partial charge in [0.2, 0.25) is 0 Å². The molecule has 9 heteroatoms. The molecular formula is C14H9ClF2N2O4. The zero-order valence-electron chi connectivity index (χ0n) is 11.4. The number of anilines is 1. The van der Waals surface area contributed by atoms with E-state index in [4.69, 9.17) is 16.3 Å². The van der Waals surface area contributed by atoms with E-state index >= 15 is 0 Å². The summed E-state index contributed by atoms with van der Waals surface area (Å²) in [6.07, 6.45) is 0. The molecule has 0 atom stereocenters. The van der Waals surface area contributed by atoms with Crippen LogP contribution in [0.1, 0.15) is 0 Å². The normalized spacial score (nSPS) is 10.2. The lowest BCUT2D eigenvalue weighted by Gasteiger charge is -2.08. The molecule has 0 bridgehead atoms. The van der Waals surface area contributed by atoms with Crippen LogP contribution in [0.4, 0.5) is 20.2 Å². The fourth-order valence-corrected chi connectivity index (χ4v) is 1.83. The van der Waals surface area contributed by atoms with E-state index in [9.17, 15) is 23.7 Å². The molecule has 1 amide bonds. The van der Waals surface area contributed by atoms with Crippen LogP contribution in [0.3, 0.4) is 0 Å². The Hall–Kier alpha value is -2.74. The van der Waals surface area contributed by atoms with Crippen molar-refractivity contribution in [3.8, 4) is 5.75 Å². The quantitative estimate of drug-likeness (QED) is 0.665. The van der Waals surface area contributed by atoms with Gasteiger partial charge in [-0.15, -0.1) is 0 Å². The summed E-state index contributed by atoms with van der Waals surface area (Å²) in [5.74, 6) is -2.79. The second-order valence-corrected chi connectivity index (χ2v) is 4.74. The average Bonchev–Trinajstić information content (AvgIpc) is 2.50. The predicted molar refractivity (Wildman–Crippen MR) is 78.6 cm³/mol. The lowest BCUT2D eigenvalue weighted by Crippen LogP contribution is -2.20.